The highest BCUT2D eigenvalue weighted by molar-refractivity contribution is 6.15. The highest BCUT2D eigenvalue weighted by atomic mass is 15.0. The second-order valence-electron chi connectivity index (χ2n) is 26.1. The van der Waals surface area contributed by atoms with E-state index >= 15 is 0 Å². The van der Waals surface area contributed by atoms with E-state index in [1.807, 2.05) is 0 Å². The molecule has 0 saturated heterocycles. The summed E-state index contributed by atoms with van der Waals surface area (Å²) < 4.78 is 7.36. The highest BCUT2D eigenvalue weighted by Gasteiger charge is 2.37. The van der Waals surface area contributed by atoms with Gasteiger partial charge in [0, 0.05) is 76.7 Å². The van der Waals surface area contributed by atoms with Gasteiger partial charge in [-0.15, -0.1) is 0 Å². The molecule has 0 unspecified atom stereocenters. The number of rotatable bonds is 7. The van der Waals surface area contributed by atoms with Gasteiger partial charge in [-0.2, -0.15) is 0 Å². The third-order valence-electron chi connectivity index (χ3n) is 20.4. The number of benzene rings is 13. The van der Waals surface area contributed by atoms with Crippen LogP contribution in [-0.4, -0.2) is 23.7 Å². The Morgan fingerprint density at radius 3 is 1.13 bits per heavy atom. The van der Waals surface area contributed by atoms with Crippen LogP contribution in [-0.2, 0) is 10.8 Å². The molecule has 428 valence electrons. The summed E-state index contributed by atoms with van der Waals surface area (Å²) in [6.45, 7) is 9.46. The second kappa shape index (κ2) is 19.1. The van der Waals surface area contributed by atoms with E-state index < -0.39 is 0 Å². The molecule has 19 rings (SSSR count). The summed E-state index contributed by atoms with van der Waals surface area (Å²) in [7, 11) is 0. The van der Waals surface area contributed by atoms with E-state index in [-0.39, 0.29) is 10.8 Å². The van der Waals surface area contributed by atoms with Crippen LogP contribution in [0.3, 0.4) is 0 Å². The minimum atomic E-state index is -0.109. The van der Waals surface area contributed by atoms with E-state index in [1.165, 1.54) is 121 Å². The van der Waals surface area contributed by atoms with Crippen LogP contribution in [0, 0.1) is 0 Å². The van der Waals surface area contributed by atoms with Gasteiger partial charge in [0.2, 0.25) is 0 Å². The molecule has 0 spiro atoms. The van der Waals surface area contributed by atoms with Crippen LogP contribution in [0.5, 0.6) is 0 Å². The van der Waals surface area contributed by atoms with Crippen LogP contribution >= 0.6 is 0 Å². The lowest BCUT2D eigenvalue weighted by Gasteiger charge is -2.22. The Morgan fingerprint density at radius 1 is 0.242 bits per heavy atom. The lowest BCUT2D eigenvalue weighted by molar-refractivity contribution is 0.660. The predicted molar refractivity (Wildman–Crippen MR) is 379 cm³/mol. The van der Waals surface area contributed by atoms with Crippen molar-refractivity contribution in [3.05, 3.63) is 307 Å². The van der Waals surface area contributed by atoms with Gasteiger partial charge in [0.25, 0.3) is 0 Å². The van der Waals surface area contributed by atoms with Gasteiger partial charge in [0.15, 0.2) is 5.82 Å². The Kier molecular flexibility index (Phi) is 10.8. The number of aromatic nitrogens is 5. The molecule has 0 atom stereocenters. The molecule has 5 heteroatoms. The molecule has 0 aliphatic heterocycles. The fraction of sp³-hybridized carbons (Fsp3) is 0.0698. The summed E-state index contributed by atoms with van der Waals surface area (Å²) in [4.78, 5) is 10.5. The number of hydrogen-bond donors (Lipinski definition) is 0. The van der Waals surface area contributed by atoms with Crippen molar-refractivity contribution < 1.29 is 0 Å². The molecule has 17 aromatic rings. The summed E-state index contributed by atoms with van der Waals surface area (Å²) in [6.07, 6.45) is 0. The summed E-state index contributed by atoms with van der Waals surface area (Å²) in [5, 5.41) is 8.31. The van der Waals surface area contributed by atoms with Crippen molar-refractivity contribution in [3.63, 3.8) is 0 Å². The molecule has 13 aromatic carbocycles. The van der Waals surface area contributed by atoms with Crippen molar-refractivity contribution >= 4 is 76.3 Å². The molecule has 5 nitrogen and oxygen atoms in total. The predicted octanol–water partition coefficient (Wildman–Crippen LogP) is 22.2. The van der Waals surface area contributed by atoms with E-state index in [9.17, 15) is 0 Å². The minimum Gasteiger partial charge on any atom is -0.309 e. The molecule has 0 radical (unpaired) electrons. The molecule has 0 amide bonds. The van der Waals surface area contributed by atoms with E-state index in [2.05, 4.69) is 327 Å². The van der Waals surface area contributed by atoms with Gasteiger partial charge in [0.05, 0.1) is 44.3 Å². The third-order valence-corrected chi connectivity index (χ3v) is 20.4. The first-order valence-electron chi connectivity index (χ1n) is 31.7. The van der Waals surface area contributed by atoms with Crippen molar-refractivity contribution in [1.29, 1.82) is 0 Å². The molecule has 4 heterocycles. The Balaban J connectivity index is 0.774. The van der Waals surface area contributed by atoms with Crippen LogP contribution in [0.1, 0.15) is 49.9 Å². The molecule has 91 heavy (non-hydrogen) atoms. The zero-order valence-electron chi connectivity index (χ0n) is 50.9. The van der Waals surface area contributed by atoms with Crippen LogP contribution in [0.2, 0.25) is 0 Å². The number of para-hydroxylation sites is 3. The number of fused-ring (bicyclic) bond motifs is 16. The molecular formula is C86H59N5. The minimum absolute atomic E-state index is 0.109. The largest absolute Gasteiger partial charge is 0.309 e. The fourth-order valence-corrected chi connectivity index (χ4v) is 16.0. The quantitative estimate of drug-likeness (QED) is 0.160. The van der Waals surface area contributed by atoms with Crippen molar-refractivity contribution in [1.82, 2.24) is 23.7 Å². The van der Waals surface area contributed by atoms with Crippen molar-refractivity contribution in [2.75, 3.05) is 0 Å². The molecule has 2 aliphatic carbocycles. The highest BCUT2D eigenvalue weighted by Crippen LogP contribution is 2.52. The van der Waals surface area contributed by atoms with Gasteiger partial charge in [-0.3, -0.25) is 0 Å². The Morgan fingerprint density at radius 2 is 0.626 bits per heavy atom. The fourth-order valence-electron chi connectivity index (χ4n) is 16.0. The average molecular weight is 1160 g/mol. The normalized spacial score (nSPS) is 13.7. The first-order chi connectivity index (χ1) is 44.6. The maximum atomic E-state index is 5.33. The summed E-state index contributed by atoms with van der Waals surface area (Å²) >= 11 is 0. The standard InChI is InChI=1S/C86H59N5/c1-85(2)72-28-13-8-23-61(72)63-39-37-59(50-74(63)85)90-77-31-16-11-25-65(77)68-46-53(33-41-79(68)90)55-35-43-81-70(48-55)71-49-56(36-44-82(71)89(81)58-22-18-21-57(45-58)84-87-76-30-15-10-27-67(76)83(88-84)52-19-6-5-7-20-52)54-34-42-80-69(47-54)66-26-12-17-32-78(66)91(80)60-38-40-64-62-24-9-14-29-73(62)86(3,4)75(64)51-60/h5-51H,1-4H3. The van der Waals surface area contributed by atoms with Crippen LogP contribution in [0.25, 0.3) is 161 Å². The van der Waals surface area contributed by atoms with Gasteiger partial charge in [0.1, 0.15) is 0 Å². The van der Waals surface area contributed by atoms with Gasteiger partial charge in [-0.1, -0.05) is 210 Å². The van der Waals surface area contributed by atoms with Crippen LogP contribution in [0.4, 0.5) is 0 Å². The summed E-state index contributed by atoms with van der Waals surface area (Å²) in [6, 6.07) is 106. The molecule has 0 saturated carbocycles. The molecule has 4 aromatic heterocycles. The van der Waals surface area contributed by atoms with Gasteiger partial charge >= 0.3 is 0 Å². The molecule has 0 fully saturated rings. The maximum Gasteiger partial charge on any atom is 0.160 e. The van der Waals surface area contributed by atoms with E-state index in [1.54, 1.807) is 0 Å². The van der Waals surface area contributed by atoms with Crippen LogP contribution < -0.4 is 0 Å². The van der Waals surface area contributed by atoms with Gasteiger partial charge in [-0.25, -0.2) is 9.97 Å². The summed E-state index contributed by atoms with van der Waals surface area (Å²) in [5.74, 6) is 0.689. The zero-order valence-corrected chi connectivity index (χ0v) is 50.9. The van der Waals surface area contributed by atoms with E-state index in [4.69, 9.17) is 9.97 Å². The van der Waals surface area contributed by atoms with Crippen molar-refractivity contribution in [2.24, 2.45) is 0 Å². The molecular weight excluding hydrogens is 1100 g/mol. The topological polar surface area (TPSA) is 40.6 Å². The van der Waals surface area contributed by atoms with E-state index in [0.717, 1.165) is 55.6 Å². The first kappa shape index (κ1) is 51.6. The Hall–Kier alpha value is -11.4. The summed E-state index contributed by atoms with van der Waals surface area (Å²) in [5.41, 5.74) is 29.5. The van der Waals surface area contributed by atoms with Crippen molar-refractivity contribution in [2.45, 2.75) is 38.5 Å². The first-order valence-corrected chi connectivity index (χ1v) is 31.7. The monoisotopic (exact) mass is 1160 g/mol. The lowest BCUT2D eigenvalue weighted by atomic mass is 9.82. The second-order valence-corrected chi connectivity index (χ2v) is 26.1. The van der Waals surface area contributed by atoms with E-state index in [0.29, 0.717) is 5.82 Å². The van der Waals surface area contributed by atoms with Crippen molar-refractivity contribution in [3.8, 4) is 84.2 Å². The third kappa shape index (κ3) is 7.52. The SMILES string of the molecule is CC1(C)c2ccccc2-c2ccc(-n3c4ccccc4c4cc(-c5ccc6c(c5)c5cc(-c7ccc8c(c7)c7ccccc7n8-c7ccc8c(c7)C(C)(C)c7ccccc7-8)ccc5n6-c5cccc(-c6nc(-c7ccccc7)c7ccccc7n6)c5)ccc43)cc21. The number of nitrogens with zero attached hydrogens (tertiary/aromatic N) is 5. The zero-order chi connectivity index (χ0) is 60.4. The van der Waals surface area contributed by atoms with Gasteiger partial charge < -0.3 is 13.7 Å². The maximum absolute atomic E-state index is 5.33. The van der Waals surface area contributed by atoms with Crippen LogP contribution in [0.15, 0.2) is 285 Å². The average Bonchev–Trinajstić information content (AvgIpc) is 1.60. The molecule has 0 bridgehead atoms. The smallest absolute Gasteiger partial charge is 0.160 e. The Bertz CT molecular complexity index is 5680. The lowest BCUT2D eigenvalue weighted by Crippen LogP contribution is -2.15. The molecule has 0 N–H and O–H groups in total. The Labute approximate surface area is 527 Å². The molecule has 2 aliphatic rings. The van der Waals surface area contributed by atoms with Gasteiger partial charge in [-0.05, 0) is 170 Å². The number of hydrogen-bond acceptors (Lipinski definition) is 2.